The van der Waals surface area contributed by atoms with Gasteiger partial charge in [-0.1, -0.05) is 0 Å². The number of hydrogen-bond acceptors (Lipinski definition) is 5. The Hall–Kier alpha value is -1.14. The molecule has 18 heavy (non-hydrogen) atoms. The van der Waals surface area contributed by atoms with Crippen LogP contribution >= 0.6 is 11.3 Å². The molecule has 0 unspecified atom stereocenters. The van der Waals surface area contributed by atoms with Gasteiger partial charge in [0.15, 0.2) is 5.13 Å². The van der Waals surface area contributed by atoms with Crippen molar-refractivity contribution in [2.45, 2.75) is 19.8 Å². The first-order valence-electron chi connectivity index (χ1n) is 6.26. The minimum absolute atomic E-state index is 0.270. The Morgan fingerprint density at radius 3 is 2.72 bits per heavy atom. The summed E-state index contributed by atoms with van der Waals surface area (Å²) in [6.45, 7) is 6.87. The van der Waals surface area contributed by atoms with Crippen LogP contribution in [-0.2, 0) is 4.79 Å². The van der Waals surface area contributed by atoms with Crippen molar-refractivity contribution in [2.75, 3.05) is 37.6 Å². The molecule has 5 nitrogen and oxygen atoms in total. The van der Waals surface area contributed by atoms with Gasteiger partial charge in [0.05, 0.1) is 5.69 Å². The average Bonchev–Trinajstić information content (AvgIpc) is 2.76. The van der Waals surface area contributed by atoms with Crippen LogP contribution in [0.5, 0.6) is 0 Å². The molecule has 0 amide bonds. The first-order valence-corrected chi connectivity index (χ1v) is 7.14. The van der Waals surface area contributed by atoms with Crippen molar-refractivity contribution in [1.29, 1.82) is 0 Å². The molecule has 0 aromatic carbocycles. The summed E-state index contributed by atoms with van der Waals surface area (Å²) in [5, 5.41) is 11.8. The van der Waals surface area contributed by atoms with Gasteiger partial charge in [0, 0.05) is 38.0 Å². The van der Waals surface area contributed by atoms with E-state index in [9.17, 15) is 4.79 Å². The highest BCUT2D eigenvalue weighted by atomic mass is 32.1. The fourth-order valence-corrected chi connectivity index (χ4v) is 2.96. The Kier molecular flexibility index (Phi) is 4.54. The number of rotatable bonds is 5. The van der Waals surface area contributed by atoms with Gasteiger partial charge in [-0.05, 0) is 19.9 Å². The van der Waals surface area contributed by atoms with E-state index in [4.69, 9.17) is 5.11 Å². The molecule has 0 radical (unpaired) electrons. The minimum Gasteiger partial charge on any atom is -0.481 e. The van der Waals surface area contributed by atoms with Crippen molar-refractivity contribution in [3.63, 3.8) is 0 Å². The summed E-state index contributed by atoms with van der Waals surface area (Å²) in [6.07, 6.45) is 1.01. The van der Waals surface area contributed by atoms with E-state index in [-0.39, 0.29) is 6.42 Å². The molecule has 0 aliphatic carbocycles. The maximum atomic E-state index is 10.4. The van der Waals surface area contributed by atoms with Gasteiger partial charge in [-0.3, -0.25) is 9.69 Å². The molecular formula is C12H19N3O2S. The van der Waals surface area contributed by atoms with Crippen LogP contribution in [0.25, 0.3) is 0 Å². The van der Waals surface area contributed by atoms with E-state index in [1.165, 1.54) is 0 Å². The fraction of sp³-hybridized carbons (Fsp3) is 0.667. The standard InChI is InChI=1S/C12H19N3O2S/c1-10-9-18-12(13-10)15-7-5-14(6-8-15)4-2-3-11(16)17/h9H,2-8H2,1H3,(H,16,17). The molecule has 1 aliphatic rings. The summed E-state index contributed by atoms with van der Waals surface area (Å²) < 4.78 is 0. The number of hydrogen-bond donors (Lipinski definition) is 1. The Morgan fingerprint density at radius 1 is 1.44 bits per heavy atom. The molecule has 1 aromatic rings. The number of nitrogens with zero attached hydrogens (tertiary/aromatic N) is 3. The molecule has 1 aliphatic heterocycles. The zero-order chi connectivity index (χ0) is 13.0. The van der Waals surface area contributed by atoms with Crippen LogP contribution in [0.15, 0.2) is 5.38 Å². The number of carboxylic acids is 1. The lowest BCUT2D eigenvalue weighted by molar-refractivity contribution is -0.137. The predicted molar refractivity (Wildman–Crippen MR) is 72.4 cm³/mol. The van der Waals surface area contributed by atoms with Gasteiger partial charge in [0.25, 0.3) is 0 Å². The summed E-state index contributed by atoms with van der Waals surface area (Å²) in [4.78, 5) is 19.6. The topological polar surface area (TPSA) is 56.7 Å². The summed E-state index contributed by atoms with van der Waals surface area (Å²) >= 11 is 1.70. The quantitative estimate of drug-likeness (QED) is 0.876. The van der Waals surface area contributed by atoms with E-state index < -0.39 is 5.97 Å². The zero-order valence-corrected chi connectivity index (χ0v) is 11.4. The number of aryl methyl sites for hydroxylation is 1. The molecule has 2 heterocycles. The van der Waals surface area contributed by atoms with Crippen molar-refractivity contribution in [3.05, 3.63) is 11.1 Å². The van der Waals surface area contributed by atoms with Crippen LogP contribution in [0.4, 0.5) is 5.13 Å². The third-order valence-electron chi connectivity index (χ3n) is 3.11. The van der Waals surface area contributed by atoms with Gasteiger partial charge < -0.3 is 10.0 Å². The Morgan fingerprint density at radius 2 is 2.17 bits per heavy atom. The molecule has 1 saturated heterocycles. The Balaban J connectivity index is 1.73. The lowest BCUT2D eigenvalue weighted by atomic mass is 10.2. The molecular weight excluding hydrogens is 250 g/mol. The molecule has 6 heteroatoms. The Labute approximate surface area is 111 Å². The second kappa shape index (κ2) is 6.15. The minimum atomic E-state index is -0.702. The summed E-state index contributed by atoms with van der Waals surface area (Å²) in [5.41, 5.74) is 1.08. The lowest BCUT2D eigenvalue weighted by Crippen LogP contribution is -2.46. The van der Waals surface area contributed by atoms with Crippen molar-refractivity contribution in [1.82, 2.24) is 9.88 Å². The van der Waals surface area contributed by atoms with Gasteiger partial charge in [0.1, 0.15) is 0 Å². The molecule has 100 valence electrons. The van der Waals surface area contributed by atoms with Gasteiger partial charge in [-0.25, -0.2) is 4.98 Å². The number of aromatic nitrogens is 1. The van der Waals surface area contributed by atoms with E-state index in [0.29, 0.717) is 0 Å². The highest BCUT2D eigenvalue weighted by Gasteiger charge is 2.18. The summed E-state index contributed by atoms with van der Waals surface area (Å²) in [7, 11) is 0. The maximum Gasteiger partial charge on any atom is 0.303 e. The highest BCUT2D eigenvalue weighted by Crippen LogP contribution is 2.21. The van der Waals surface area contributed by atoms with Crippen molar-refractivity contribution < 1.29 is 9.90 Å². The third kappa shape index (κ3) is 3.68. The predicted octanol–water partition coefficient (Wildman–Crippen LogP) is 1.44. The van der Waals surface area contributed by atoms with Crippen LogP contribution in [0.1, 0.15) is 18.5 Å². The molecule has 0 atom stereocenters. The number of piperazine rings is 1. The van der Waals surface area contributed by atoms with Crippen LogP contribution in [0.3, 0.4) is 0 Å². The number of thiazole rings is 1. The summed E-state index contributed by atoms with van der Waals surface area (Å²) in [5.74, 6) is -0.702. The first kappa shape index (κ1) is 13.3. The SMILES string of the molecule is Cc1csc(N2CCN(CCCC(=O)O)CC2)n1. The van der Waals surface area contributed by atoms with Gasteiger partial charge >= 0.3 is 5.97 Å². The number of carboxylic acid groups (broad SMARTS) is 1. The lowest BCUT2D eigenvalue weighted by Gasteiger charge is -2.34. The molecule has 0 spiro atoms. The molecule has 1 fully saturated rings. The third-order valence-corrected chi connectivity index (χ3v) is 4.13. The molecule has 1 N–H and O–H groups in total. The van der Waals surface area contributed by atoms with E-state index in [1.807, 2.05) is 6.92 Å². The second-order valence-electron chi connectivity index (χ2n) is 4.60. The average molecular weight is 269 g/mol. The van der Waals surface area contributed by atoms with Crippen LogP contribution in [0, 0.1) is 6.92 Å². The van der Waals surface area contributed by atoms with Crippen molar-refractivity contribution in [2.24, 2.45) is 0 Å². The highest BCUT2D eigenvalue weighted by molar-refractivity contribution is 7.13. The second-order valence-corrected chi connectivity index (χ2v) is 5.43. The normalized spacial score (nSPS) is 17.1. The maximum absolute atomic E-state index is 10.4. The number of aliphatic carboxylic acids is 1. The molecule has 2 rings (SSSR count). The molecule has 1 aromatic heterocycles. The fourth-order valence-electron chi connectivity index (χ4n) is 2.10. The number of anilines is 1. The van der Waals surface area contributed by atoms with Crippen molar-refractivity contribution >= 4 is 22.4 Å². The molecule has 0 saturated carbocycles. The monoisotopic (exact) mass is 269 g/mol. The van der Waals surface area contributed by atoms with E-state index in [0.717, 1.165) is 50.0 Å². The van der Waals surface area contributed by atoms with Crippen LogP contribution < -0.4 is 4.90 Å². The Bertz CT molecular complexity index is 400. The molecule has 0 bridgehead atoms. The largest absolute Gasteiger partial charge is 0.481 e. The smallest absolute Gasteiger partial charge is 0.303 e. The van der Waals surface area contributed by atoms with Crippen molar-refractivity contribution in [3.8, 4) is 0 Å². The number of carbonyl (C=O) groups is 1. The van der Waals surface area contributed by atoms with E-state index in [1.54, 1.807) is 11.3 Å². The zero-order valence-electron chi connectivity index (χ0n) is 10.6. The van der Waals surface area contributed by atoms with Crippen LogP contribution in [0.2, 0.25) is 0 Å². The van der Waals surface area contributed by atoms with Gasteiger partial charge in [-0.2, -0.15) is 0 Å². The summed E-state index contributed by atoms with van der Waals surface area (Å²) in [6, 6.07) is 0. The van der Waals surface area contributed by atoms with Gasteiger partial charge in [0.2, 0.25) is 0 Å². The first-order chi connectivity index (χ1) is 8.65. The van der Waals surface area contributed by atoms with Gasteiger partial charge in [-0.15, -0.1) is 11.3 Å². The van der Waals surface area contributed by atoms with E-state index >= 15 is 0 Å². The van der Waals surface area contributed by atoms with Crippen LogP contribution in [-0.4, -0.2) is 53.7 Å². The van der Waals surface area contributed by atoms with E-state index in [2.05, 4.69) is 20.2 Å².